The number of rotatable bonds is 2. The zero-order chi connectivity index (χ0) is 11.2. The van der Waals surface area contributed by atoms with Gasteiger partial charge in [-0.25, -0.2) is 0 Å². The van der Waals surface area contributed by atoms with Crippen LogP contribution in [0.15, 0.2) is 11.5 Å². The van der Waals surface area contributed by atoms with E-state index in [0.29, 0.717) is 18.2 Å². The molecule has 0 aromatic carbocycles. The molecule has 0 aliphatic carbocycles. The number of hydrogen-bond donors (Lipinski definition) is 2. The van der Waals surface area contributed by atoms with Crippen molar-refractivity contribution in [2.45, 2.75) is 19.5 Å². The third-order valence-corrected chi connectivity index (χ3v) is 1.67. The monoisotopic (exact) mass is 226 g/mol. The first-order valence-corrected chi connectivity index (χ1v) is 4.54. The molecule has 0 saturated carbocycles. The molecule has 7 heteroatoms. The Morgan fingerprint density at radius 1 is 1.57 bits per heavy atom. The second-order valence-electron chi connectivity index (χ2n) is 2.18. The lowest BCUT2D eigenvalue weighted by Gasteiger charge is -2.06. The van der Waals surface area contributed by atoms with Gasteiger partial charge in [0.1, 0.15) is 0 Å². The highest BCUT2D eigenvalue weighted by atomic mass is 32.2. The molecular weight excluding hydrogens is 217 g/mol. The molecule has 80 valence electrons. The van der Waals surface area contributed by atoms with Crippen LogP contribution < -0.4 is 5.32 Å². The summed E-state index contributed by atoms with van der Waals surface area (Å²) < 4.78 is 35.0. The van der Waals surface area contributed by atoms with E-state index in [1.807, 2.05) is 6.92 Å². The second kappa shape index (κ2) is 5.69. The van der Waals surface area contributed by atoms with Crippen LogP contribution >= 0.6 is 11.8 Å². The summed E-state index contributed by atoms with van der Waals surface area (Å²) >= 11 is 0.716. The van der Waals surface area contributed by atoms with E-state index in [1.165, 1.54) is 10.7 Å². The Morgan fingerprint density at radius 2 is 2.14 bits per heavy atom. The number of amidine groups is 1. The smallest absolute Gasteiger partial charge is 0.297 e. The Morgan fingerprint density at radius 3 is 2.57 bits per heavy atom. The molecule has 2 N–H and O–H groups in total. The van der Waals surface area contributed by atoms with Crippen molar-refractivity contribution in [3.8, 4) is 0 Å². The van der Waals surface area contributed by atoms with Gasteiger partial charge in [-0.1, -0.05) is 24.8 Å². The number of halogens is 3. The maximum absolute atomic E-state index is 11.7. The zero-order valence-electron chi connectivity index (χ0n) is 7.31. The highest BCUT2D eigenvalue weighted by Crippen LogP contribution is 2.15. The third kappa shape index (κ3) is 5.63. The molecule has 1 amide bonds. The van der Waals surface area contributed by atoms with E-state index in [-0.39, 0.29) is 0 Å². The van der Waals surface area contributed by atoms with Gasteiger partial charge in [0.05, 0.1) is 0 Å². The van der Waals surface area contributed by atoms with Gasteiger partial charge in [-0.3, -0.25) is 15.5 Å². The molecule has 0 aliphatic rings. The first-order chi connectivity index (χ1) is 6.38. The van der Waals surface area contributed by atoms with Crippen LogP contribution in [0, 0.1) is 5.41 Å². The van der Waals surface area contributed by atoms with Crippen LogP contribution in [0.5, 0.6) is 0 Å². The van der Waals surface area contributed by atoms with Crippen LogP contribution in [-0.4, -0.2) is 17.3 Å². The topological polar surface area (TPSA) is 53.0 Å². The maximum Gasteiger partial charge on any atom is 0.471 e. The average molecular weight is 226 g/mol. The van der Waals surface area contributed by atoms with Crippen molar-refractivity contribution in [2.24, 2.45) is 0 Å². The molecule has 14 heavy (non-hydrogen) atoms. The van der Waals surface area contributed by atoms with Crippen LogP contribution in [0.3, 0.4) is 0 Å². The molecule has 0 aromatic heterocycles. The fourth-order valence-corrected chi connectivity index (χ4v) is 0.992. The van der Waals surface area contributed by atoms with Gasteiger partial charge in [-0.05, 0) is 11.8 Å². The quantitative estimate of drug-likeness (QED) is 0.560. The lowest BCUT2D eigenvalue weighted by Crippen LogP contribution is -2.38. The van der Waals surface area contributed by atoms with Crippen LogP contribution in [0.4, 0.5) is 13.2 Å². The van der Waals surface area contributed by atoms with Crippen molar-refractivity contribution in [1.29, 1.82) is 5.41 Å². The van der Waals surface area contributed by atoms with E-state index in [2.05, 4.69) is 0 Å². The summed E-state index contributed by atoms with van der Waals surface area (Å²) in [6.07, 6.45) is -2.56. The van der Waals surface area contributed by atoms with Gasteiger partial charge in [0.15, 0.2) is 5.17 Å². The number of amides is 1. The molecule has 3 nitrogen and oxygen atoms in total. The lowest BCUT2D eigenvalue weighted by molar-refractivity contribution is -0.171. The predicted molar refractivity (Wildman–Crippen MR) is 48.9 cm³/mol. The first-order valence-electron chi connectivity index (χ1n) is 3.66. The highest BCUT2D eigenvalue weighted by Gasteiger charge is 2.39. The van der Waals surface area contributed by atoms with Crippen molar-refractivity contribution >= 4 is 22.8 Å². The lowest BCUT2D eigenvalue weighted by atomic mass is 10.5. The summed E-state index contributed by atoms with van der Waals surface area (Å²) in [5, 5.41) is 9.27. The molecule has 0 atom stereocenters. The standard InChI is InChI=1S/C7H9F3N2OS/c1-2-3-4-14-6(11)12-5(13)7(8,9)10/h3-4H,2H2,1H3,(H2,11,12,13)/b4-3+. The summed E-state index contributed by atoms with van der Waals surface area (Å²) in [6, 6.07) is 0. The van der Waals surface area contributed by atoms with Crippen molar-refractivity contribution in [3.63, 3.8) is 0 Å². The van der Waals surface area contributed by atoms with Crippen molar-refractivity contribution in [1.82, 2.24) is 5.32 Å². The van der Waals surface area contributed by atoms with Gasteiger partial charge in [0.25, 0.3) is 0 Å². The van der Waals surface area contributed by atoms with Gasteiger partial charge in [0, 0.05) is 0 Å². The van der Waals surface area contributed by atoms with E-state index in [4.69, 9.17) is 5.41 Å². The Kier molecular flexibility index (Phi) is 5.29. The zero-order valence-corrected chi connectivity index (χ0v) is 8.13. The fraction of sp³-hybridized carbons (Fsp3) is 0.429. The number of carbonyl (C=O) groups is 1. The van der Waals surface area contributed by atoms with Gasteiger partial charge in [0.2, 0.25) is 0 Å². The number of carbonyl (C=O) groups excluding carboxylic acids is 1. The van der Waals surface area contributed by atoms with Crippen LogP contribution in [-0.2, 0) is 4.79 Å². The summed E-state index contributed by atoms with van der Waals surface area (Å²) in [6.45, 7) is 1.84. The van der Waals surface area contributed by atoms with Gasteiger partial charge in [-0.15, -0.1) is 0 Å². The van der Waals surface area contributed by atoms with Crippen molar-refractivity contribution in [3.05, 3.63) is 11.5 Å². The van der Waals surface area contributed by atoms with Gasteiger partial charge >= 0.3 is 12.1 Å². The molecule has 0 aliphatic heterocycles. The van der Waals surface area contributed by atoms with E-state index < -0.39 is 17.3 Å². The van der Waals surface area contributed by atoms with Gasteiger partial charge < -0.3 is 0 Å². The van der Waals surface area contributed by atoms with Crippen LogP contribution in [0.25, 0.3) is 0 Å². The minimum atomic E-state index is -4.94. The normalized spacial score (nSPS) is 11.7. The van der Waals surface area contributed by atoms with E-state index in [1.54, 1.807) is 6.08 Å². The average Bonchev–Trinajstić information content (AvgIpc) is 2.03. The summed E-state index contributed by atoms with van der Waals surface area (Å²) in [7, 11) is 0. The number of hydrogen-bond acceptors (Lipinski definition) is 3. The maximum atomic E-state index is 11.7. The summed E-state index contributed by atoms with van der Waals surface area (Å²) in [5.41, 5.74) is 0. The largest absolute Gasteiger partial charge is 0.471 e. The molecule has 0 aromatic rings. The SMILES string of the molecule is CC/C=C/SC(=N)NC(=O)C(F)(F)F. The number of thioether (sulfide) groups is 1. The van der Waals surface area contributed by atoms with E-state index in [9.17, 15) is 18.0 Å². The molecule has 0 bridgehead atoms. The molecule has 0 rings (SSSR count). The Balaban J connectivity index is 3.96. The molecular formula is C7H9F3N2OS. The molecule has 0 fully saturated rings. The van der Waals surface area contributed by atoms with Crippen molar-refractivity contribution in [2.75, 3.05) is 0 Å². The number of allylic oxidation sites excluding steroid dienone is 1. The third-order valence-electron chi connectivity index (χ3n) is 1.00. The number of nitrogens with one attached hydrogen (secondary N) is 2. The Labute approximate surface area is 83.3 Å². The Hall–Kier alpha value is -0.980. The van der Waals surface area contributed by atoms with Crippen LogP contribution in [0.2, 0.25) is 0 Å². The van der Waals surface area contributed by atoms with E-state index in [0.717, 1.165) is 0 Å². The molecule has 0 radical (unpaired) electrons. The summed E-state index contributed by atoms with van der Waals surface area (Å²) in [5.74, 6) is -2.13. The fourth-order valence-electron chi connectivity index (χ4n) is 0.416. The van der Waals surface area contributed by atoms with Gasteiger partial charge in [-0.2, -0.15) is 13.2 Å². The van der Waals surface area contributed by atoms with Crippen molar-refractivity contribution < 1.29 is 18.0 Å². The highest BCUT2D eigenvalue weighted by molar-refractivity contribution is 8.16. The molecule has 0 saturated heterocycles. The first kappa shape index (κ1) is 13.0. The molecule has 0 unspecified atom stereocenters. The van der Waals surface area contributed by atoms with E-state index >= 15 is 0 Å². The molecule has 0 heterocycles. The minimum Gasteiger partial charge on any atom is -0.297 e. The minimum absolute atomic E-state index is 0.544. The Bertz CT molecular complexity index is 250. The second-order valence-corrected chi connectivity index (χ2v) is 3.10. The molecule has 0 spiro atoms. The predicted octanol–water partition coefficient (Wildman–Crippen LogP) is 2.26. The number of alkyl halides is 3. The summed E-state index contributed by atoms with van der Waals surface area (Å²) in [4.78, 5) is 10.3. The van der Waals surface area contributed by atoms with Crippen LogP contribution in [0.1, 0.15) is 13.3 Å².